The first kappa shape index (κ1) is 16.3. The molecule has 2 rings (SSSR count). The van der Waals surface area contributed by atoms with Crippen LogP contribution in [-0.2, 0) is 14.3 Å². The number of amides is 5. The van der Waals surface area contributed by atoms with E-state index in [1.807, 2.05) is 5.32 Å². The smallest absolute Gasteiger partial charge is 0.343 e. The number of ether oxygens (including phenoxy) is 1. The van der Waals surface area contributed by atoms with Crippen LogP contribution in [0.4, 0.5) is 9.59 Å². The molecule has 122 valence electrons. The lowest BCUT2D eigenvalue weighted by molar-refractivity contribution is -0.145. The van der Waals surface area contributed by atoms with Gasteiger partial charge in [0, 0.05) is 0 Å². The van der Waals surface area contributed by atoms with E-state index >= 15 is 0 Å². The molecule has 0 aliphatic carbocycles. The van der Waals surface area contributed by atoms with E-state index in [0.29, 0.717) is 5.56 Å². The van der Waals surface area contributed by atoms with E-state index in [9.17, 15) is 19.2 Å². The third kappa shape index (κ3) is 4.19. The largest absolute Gasteiger partial charge is 0.464 e. The Morgan fingerprint density at radius 2 is 2.00 bits per heavy atom. The molecule has 1 unspecified atom stereocenters. The molecule has 0 saturated carbocycles. The Morgan fingerprint density at radius 3 is 2.57 bits per heavy atom. The number of urea groups is 2. The quantitative estimate of drug-likeness (QED) is 0.524. The van der Waals surface area contributed by atoms with Crippen molar-refractivity contribution in [3.8, 4) is 0 Å². The summed E-state index contributed by atoms with van der Waals surface area (Å²) in [5, 5.41) is 5.25. The molecule has 1 atom stereocenters. The Morgan fingerprint density at radius 1 is 1.30 bits per heavy atom. The fourth-order valence-corrected chi connectivity index (χ4v) is 1.97. The van der Waals surface area contributed by atoms with Crippen LogP contribution in [0.5, 0.6) is 0 Å². The van der Waals surface area contributed by atoms with Crippen molar-refractivity contribution in [3.05, 3.63) is 35.9 Å². The summed E-state index contributed by atoms with van der Waals surface area (Å²) in [5.74, 6) is -1.16. The number of nitrogens with zero attached hydrogens (tertiary/aromatic N) is 1. The number of hydrazine groups is 1. The van der Waals surface area contributed by atoms with E-state index in [1.165, 1.54) is 0 Å². The molecule has 1 aliphatic heterocycles. The molecule has 1 heterocycles. The minimum atomic E-state index is -1.03. The highest BCUT2D eigenvalue weighted by Gasteiger charge is 2.30. The van der Waals surface area contributed by atoms with Crippen LogP contribution in [0, 0.1) is 0 Å². The van der Waals surface area contributed by atoms with Gasteiger partial charge < -0.3 is 10.1 Å². The summed E-state index contributed by atoms with van der Waals surface area (Å²) in [7, 11) is 0. The highest BCUT2D eigenvalue weighted by atomic mass is 16.5. The number of carbonyl (C=O) groups excluding carboxylic acids is 4. The number of benzene rings is 1. The zero-order valence-corrected chi connectivity index (χ0v) is 12.4. The van der Waals surface area contributed by atoms with Crippen LogP contribution in [0.25, 0.3) is 0 Å². The van der Waals surface area contributed by atoms with Crippen LogP contribution in [-0.4, -0.2) is 42.1 Å². The molecule has 1 aromatic rings. The van der Waals surface area contributed by atoms with Gasteiger partial charge in [0.15, 0.2) is 6.04 Å². The van der Waals surface area contributed by atoms with Gasteiger partial charge in [0.05, 0.1) is 6.61 Å². The molecule has 1 saturated heterocycles. The van der Waals surface area contributed by atoms with Crippen molar-refractivity contribution >= 4 is 23.9 Å². The zero-order valence-electron chi connectivity index (χ0n) is 12.4. The fourth-order valence-electron chi connectivity index (χ4n) is 1.97. The predicted octanol–water partition coefficient (Wildman–Crippen LogP) is 0.0568. The van der Waals surface area contributed by atoms with Crippen LogP contribution in [0.1, 0.15) is 18.5 Å². The topological polar surface area (TPSA) is 117 Å². The number of nitrogens with one attached hydrogen (secondary N) is 3. The molecule has 1 aliphatic rings. The number of rotatable bonds is 5. The van der Waals surface area contributed by atoms with Crippen LogP contribution in [0.3, 0.4) is 0 Å². The second kappa shape index (κ2) is 7.25. The molecular formula is C14H16N4O5. The molecular weight excluding hydrogens is 304 g/mol. The number of esters is 1. The van der Waals surface area contributed by atoms with Crippen molar-refractivity contribution in [1.29, 1.82) is 0 Å². The van der Waals surface area contributed by atoms with E-state index in [0.717, 1.165) is 5.01 Å². The number of hydrogen-bond acceptors (Lipinski definition) is 5. The Labute approximate surface area is 131 Å². The molecule has 0 spiro atoms. The Kier molecular flexibility index (Phi) is 5.13. The summed E-state index contributed by atoms with van der Waals surface area (Å²) < 4.78 is 4.94. The summed E-state index contributed by atoms with van der Waals surface area (Å²) in [6.07, 6.45) is 0. The summed E-state index contributed by atoms with van der Waals surface area (Å²) in [6, 6.07) is 5.95. The van der Waals surface area contributed by atoms with E-state index in [1.54, 1.807) is 37.3 Å². The SMILES string of the molecule is CCOC(=O)C(NC(=O)NN1CC(=O)NC1=O)c1ccccc1. The Balaban J connectivity index is 2.05. The van der Waals surface area contributed by atoms with Gasteiger partial charge in [-0.2, -0.15) is 0 Å². The Hall–Kier alpha value is -3.10. The molecule has 1 fully saturated rings. The third-order valence-electron chi connectivity index (χ3n) is 2.96. The van der Waals surface area contributed by atoms with Crippen LogP contribution in [0.15, 0.2) is 30.3 Å². The minimum Gasteiger partial charge on any atom is -0.464 e. The third-order valence-corrected chi connectivity index (χ3v) is 2.96. The van der Waals surface area contributed by atoms with E-state index in [-0.39, 0.29) is 13.2 Å². The fraction of sp³-hybridized carbons (Fsp3) is 0.286. The lowest BCUT2D eigenvalue weighted by atomic mass is 10.1. The molecule has 0 radical (unpaired) electrons. The molecule has 3 N–H and O–H groups in total. The first-order valence-electron chi connectivity index (χ1n) is 6.91. The average molecular weight is 320 g/mol. The predicted molar refractivity (Wildman–Crippen MR) is 77.7 cm³/mol. The van der Waals surface area contributed by atoms with E-state index < -0.39 is 30.0 Å². The molecule has 9 nitrogen and oxygen atoms in total. The van der Waals surface area contributed by atoms with Gasteiger partial charge in [-0.05, 0) is 12.5 Å². The van der Waals surface area contributed by atoms with Gasteiger partial charge in [-0.3, -0.25) is 10.1 Å². The summed E-state index contributed by atoms with van der Waals surface area (Å²) >= 11 is 0. The molecule has 9 heteroatoms. The Bertz CT molecular complexity index is 619. The van der Waals surface area contributed by atoms with Gasteiger partial charge >= 0.3 is 18.0 Å². The van der Waals surface area contributed by atoms with E-state index in [2.05, 4.69) is 10.7 Å². The van der Waals surface area contributed by atoms with Crippen molar-refractivity contribution in [3.63, 3.8) is 0 Å². The van der Waals surface area contributed by atoms with Crippen molar-refractivity contribution in [2.75, 3.05) is 13.2 Å². The number of carbonyl (C=O) groups is 4. The van der Waals surface area contributed by atoms with Crippen molar-refractivity contribution in [2.24, 2.45) is 0 Å². The van der Waals surface area contributed by atoms with E-state index in [4.69, 9.17) is 4.74 Å². The normalized spacial score (nSPS) is 14.9. The molecule has 0 aromatic heterocycles. The van der Waals surface area contributed by atoms with Gasteiger partial charge in [0.2, 0.25) is 5.91 Å². The monoisotopic (exact) mass is 320 g/mol. The zero-order chi connectivity index (χ0) is 16.8. The van der Waals surface area contributed by atoms with Gasteiger partial charge in [0.25, 0.3) is 0 Å². The lowest BCUT2D eigenvalue weighted by Crippen LogP contribution is -2.50. The van der Waals surface area contributed by atoms with Crippen molar-refractivity contribution in [2.45, 2.75) is 13.0 Å². The number of hydrogen-bond donors (Lipinski definition) is 3. The maximum atomic E-state index is 12.0. The molecule has 5 amide bonds. The van der Waals surface area contributed by atoms with Crippen LogP contribution in [0.2, 0.25) is 0 Å². The first-order valence-corrected chi connectivity index (χ1v) is 6.91. The maximum absolute atomic E-state index is 12.0. The van der Waals surface area contributed by atoms with Crippen molar-refractivity contribution in [1.82, 2.24) is 21.1 Å². The molecule has 23 heavy (non-hydrogen) atoms. The highest BCUT2D eigenvalue weighted by Crippen LogP contribution is 2.14. The van der Waals surface area contributed by atoms with Gasteiger partial charge in [-0.25, -0.2) is 24.8 Å². The van der Waals surface area contributed by atoms with Crippen LogP contribution >= 0.6 is 0 Å². The second-order valence-corrected chi connectivity index (χ2v) is 4.62. The van der Waals surface area contributed by atoms with Crippen LogP contribution < -0.4 is 16.1 Å². The minimum absolute atomic E-state index is 0.161. The average Bonchev–Trinajstić information content (AvgIpc) is 2.83. The standard InChI is InChI=1S/C14H16N4O5/c1-2-23-12(20)11(9-6-4-3-5-7-9)16-13(21)17-18-8-10(19)15-14(18)22/h3-7,11H,2,8H2,1H3,(H,15,19,22)(H2,16,17,21). The summed E-state index contributed by atoms with van der Waals surface area (Å²) in [6.45, 7) is 1.52. The van der Waals surface area contributed by atoms with Gasteiger partial charge in [0.1, 0.15) is 6.54 Å². The lowest BCUT2D eigenvalue weighted by Gasteiger charge is -2.20. The molecule has 0 bridgehead atoms. The summed E-state index contributed by atoms with van der Waals surface area (Å²) in [4.78, 5) is 46.4. The maximum Gasteiger partial charge on any atom is 0.343 e. The van der Waals surface area contributed by atoms with Gasteiger partial charge in [-0.15, -0.1) is 0 Å². The highest BCUT2D eigenvalue weighted by molar-refractivity contribution is 6.02. The number of imide groups is 1. The van der Waals surface area contributed by atoms with Crippen molar-refractivity contribution < 1.29 is 23.9 Å². The van der Waals surface area contributed by atoms with Gasteiger partial charge in [-0.1, -0.05) is 30.3 Å². The molecule has 1 aromatic carbocycles. The second-order valence-electron chi connectivity index (χ2n) is 4.62. The first-order chi connectivity index (χ1) is 11.0. The summed E-state index contributed by atoms with van der Waals surface area (Å²) in [5.41, 5.74) is 2.73.